The van der Waals surface area contributed by atoms with Crippen LogP contribution in [0.2, 0.25) is 0 Å². The number of sulfone groups is 1. The van der Waals surface area contributed by atoms with Gasteiger partial charge in [-0.15, -0.1) is 0 Å². The van der Waals surface area contributed by atoms with Crippen LogP contribution in [0.5, 0.6) is 0 Å². The molecule has 0 fully saturated rings. The van der Waals surface area contributed by atoms with Crippen molar-refractivity contribution >= 4 is 15.8 Å². The summed E-state index contributed by atoms with van der Waals surface area (Å²) in [6.07, 6.45) is 2.11. The van der Waals surface area contributed by atoms with Crippen molar-refractivity contribution in [2.75, 3.05) is 0 Å². The average Bonchev–Trinajstić information content (AvgIpc) is 2.16. The van der Waals surface area contributed by atoms with E-state index in [-0.39, 0.29) is 6.42 Å². The third kappa shape index (κ3) is 3.81. The monoisotopic (exact) mass is 236 g/mol. The summed E-state index contributed by atoms with van der Waals surface area (Å²) in [5, 5.41) is 7.10. The summed E-state index contributed by atoms with van der Waals surface area (Å²) in [6.45, 7) is 5.23. The van der Waals surface area contributed by atoms with Crippen molar-refractivity contribution < 1.29 is 18.3 Å². The van der Waals surface area contributed by atoms with Crippen molar-refractivity contribution in [1.82, 2.24) is 0 Å². The lowest BCUT2D eigenvalue weighted by molar-refractivity contribution is -0.136. The third-order valence-electron chi connectivity index (χ3n) is 2.63. The van der Waals surface area contributed by atoms with Gasteiger partial charge < -0.3 is 5.11 Å². The van der Waals surface area contributed by atoms with Crippen LogP contribution in [0.15, 0.2) is 0 Å². The molecule has 0 heterocycles. The average molecular weight is 236 g/mol. The van der Waals surface area contributed by atoms with Crippen LogP contribution in [0.4, 0.5) is 0 Å². The van der Waals surface area contributed by atoms with Crippen molar-refractivity contribution in [1.29, 1.82) is 0 Å². The second kappa shape index (κ2) is 6.10. The Kier molecular flexibility index (Phi) is 5.87. The van der Waals surface area contributed by atoms with Crippen molar-refractivity contribution in [3.8, 4) is 0 Å². The highest BCUT2D eigenvalue weighted by Crippen LogP contribution is 2.18. The minimum absolute atomic E-state index is 0.221. The zero-order valence-electron chi connectivity index (χ0n) is 9.56. The van der Waals surface area contributed by atoms with Crippen LogP contribution in [-0.2, 0) is 14.6 Å². The molecule has 15 heavy (non-hydrogen) atoms. The first-order valence-corrected chi connectivity index (χ1v) is 6.94. The topological polar surface area (TPSA) is 71.4 Å². The highest BCUT2D eigenvalue weighted by atomic mass is 32.2. The van der Waals surface area contributed by atoms with Gasteiger partial charge in [0.05, 0.1) is 5.25 Å². The number of aliphatic carboxylic acids is 1. The van der Waals surface area contributed by atoms with Crippen molar-refractivity contribution in [3.63, 3.8) is 0 Å². The number of unbranched alkanes of at least 4 members (excludes halogenated alkanes) is 1. The summed E-state index contributed by atoms with van der Waals surface area (Å²) in [5.41, 5.74) is 0. The summed E-state index contributed by atoms with van der Waals surface area (Å²) in [4.78, 5) is 10.9. The molecule has 4 nitrogen and oxygen atoms in total. The molecule has 0 saturated heterocycles. The molecule has 90 valence electrons. The van der Waals surface area contributed by atoms with E-state index in [1.165, 1.54) is 0 Å². The van der Waals surface area contributed by atoms with Crippen LogP contribution in [-0.4, -0.2) is 30.0 Å². The first-order chi connectivity index (χ1) is 6.87. The second-order valence-corrected chi connectivity index (χ2v) is 6.33. The standard InChI is InChI=1S/C10H20O4S/c1-4-6-7-9(10(11)12)15(13,14)8(3)5-2/h8-9H,4-7H2,1-3H3,(H,11,12). The maximum absolute atomic E-state index is 11.8. The fraction of sp³-hybridized carbons (Fsp3) is 0.900. The molecule has 0 rings (SSSR count). The quantitative estimate of drug-likeness (QED) is 0.732. The molecule has 0 aromatic carbocycles. The summed E-state index contributed by atoms with van der Waals surface area (Å²) in [6, 6.07) is 0. The van der Waals surface area contributed by atoms with Crippen LogP contribution >= 0.6 is 0 Å². The molecular formula is C10H20O4S. The molecule has 5 heteroatoms. The largest absolute Gasteiger partial charge is 0.480 e. The van der Waals surface area contributed by atoms with Gasteiger partial charge in [-0.25, -0.2) is 8.42 Å². The van der Waals surface area contributed by atoms with Crippen LogP contribution < -0.4 is 0 Å². The first-order valence-electron chi connectivity index (χ1n) is 5.33. The normalized spacial score (nSPS) is 15.9. The lowest BCUT2D eigenvalue weighted by atomic mass is 10.2. The predicted molar refractivity (Wildman–Crippen MR) is 59.6 cm³/mol. The Bertz CT molecular complexity index is 295. The van der Waals surface area contributed by atoms with Gasteiger partial charge in [0.25, 0.3) is 0 Å². The lowest BCUT2D eigenvalue weighted by Gasteiger charge is -2.17. The fourth-order valence-electron chi connectivity index (χ4n) is 1.33. The number of rotatable bonds is 7. The highest BCUT2D eigenvalue weighted by molar-refractivity contribution is 7.93. The Morgan fingerprint density at radius 2 is 1.87 bits per heavy atom. The van der Waals surface area contributed by atoms with Gasteiger partial charge in [0, 0.05) is 0 Å². The highest BCUT2D eigenvalue weighted by Gasteiger charge is 2.35. The van der Waals surface area contributed by atoms with E-state index >= 15 is 0 Å². The van der Waals surface area contributed by atoms with E-state index in [9.17, 15) is 13.2 Å². The Morgan fingerprint density at radius 3 is 2.20 bits per heavy atom. The summed E-state index contributed by atoms with van der Waals surface area (Å²) in [7, 11) is -3.52. The fourth-order valence-corrected chi connectivity index (χ4v) is 3.13. The Labute approximate surface area is 91.6 Å². The molecule has 0 radical (unpaired) electrons. The Hall–Kier alpha value is -0.580. The van der Waals surface area contributed by atoms with Crippen LogP contribution in [0.3, 0.4) is 0 Å². The van der Waals surface area contributed by atoms with Gasteiger partial charge in [-0.05, 0) is 19.8 Å². The van der Waals surface area contributed by atoms with E-state index in [2.05, 4.69) is 0 Å². The molecular weight excluding hydrogens is 216 g/mol. The minimum atomic E-state index is -3.52. The summed E-state index contributed by atoms with van der Waals surface area (Å²) >= 11 is 0. The number of hydrogen-bond acceptors (Lipinski definition) is 3. The van der Waals surface area contributed by atoms with Crippen LogP contribution in [0, 0.1) is 0 Å². The molecule has 0 saturated carbocycles. The Morgan fingerprint density at radius 1 is 1.33 bits per heavy atom. The SMILES string of the molecule is CCCCC(C(=O)O)S(=O)(=O)C(C)CC. The zero-order valence-corrected chi connectivity index (χ0v) is 10.4. The molecule has 0 aliphatic carbocycles. The van der Waals surface area contributed by atoms with E-state index in [1.54, 1.807) is 13.8 Å². The summed E-state index contributed by atoms with van der Waals surface area (Å²) < 4.78 is 23.7. The van der Waals surface area contributed by atoms with E-state index < -0.39 is 26.3 Å². The molecule has 0 bridgehead atoms. The number of hydrogen-bond donors (Lipinski definition) is 1. The molecule has 2 unspecified atom stereocenters. The maximum atomic E-state index is 11.8. The van der Waals surface area contributed by atoms with E-state index in [0.29, 0.717) is 12.8 Å². The number of carboxylic acids is 1. The van der Waals surface area contributed by atoms with E-state index in [1.807, 2.05) is 6.92 Å². The third-order valence-corrected chi connectivity index (χ3v) is 5.31. The Balaban J connectivity index is 4.83. The molecule has 1 N–H and O–H groups in total. The predicted octanol–water partition coefficient (Wildman–Crippen LogP) is 1.84. The van der Waals surface area contributed by atoms with Crippen molar-refractivity contribution in [2.24, 2.45) is 0 Å². The van der Waals surface area contributed by atoms with Gasteiger partial charge in [-0.1, -0.05) is 26.7 Å². The number of carbonyl (C=O) groups is 1. The molecule has 0 aliphatic heterocycles. The van der Waals surface area contributed by atoms with Crippen LogP contribution in [0.1, 0.15) is 46.5 Å². The maximum Gasteiger partial charge on any atom is 0.321 e. The van der Waals surface area contributed by atoms with E-state index in [0.717, 1.165) is 6.42 Å². The number of carboxylic acid groups (broad SMARTS) is 1. The van der Waals surface area contributed by atoms with Crippen LogP contribution in [0.25, 0.3) is 0 Å². The first kappa shape index (κ1) is 14.4. The lowest BCUT2D eigenvalue weighted by Crippen LogP contribution is -2.36. The second-order valence-electron chi connectivity index (χ2n) is 3.78. The minimum Gasteiger partial charge on any atom is -0.480 e. The molecule has 2 atom stereocenters. The molecule has 0 amide bonds. The molecule has 0 aliphatic rings. The van der Waals surface area contributed by atoms with Gasteiger partial charge in [0.2, 0.25) is 0 Å². The zero-order chi connectivity index (χ0) is 12.1. The smallest absolute Gasteiger partial charge is 0.321 e. The van der Waals surface area contributed by atoms with Crippen molar-refractivity contribution in [2.45, 2.75) is 57.0 Å². The van der Waals surface area contributed by atoms with Gasteiger partial charge in [0.15, 0.2) is 15.1 Å². The summed E-state index contributed by atoms with van der Waals surface area (Å²) in [5.74, 6) is -1.22. The van der Waals surface area contributed by atoms with Gasteiger partial charge >= 0.3 is 5.97 Å². The molecule has 0 spiro atoms. The van der Waals surface area contributed by atoms with Gasteiger partial charge in [-0.2, -0.15) is 0 Å². The van der Waals surface area contributed by atoms with E-state index in [4.69, 9.17) is 5.11 Å². The van der Waals surface area contributed by atoms with Gasteiger partial charge in [-0.3, -0.25) is 4.79 Å². The van der Waals surface area contributed by atoms with Crippen molar-refractivity contribution in [3.05, 3.63) is 0 Å². The molecule has 0 aromatic rings. The van der Waals surface area contributed by atoms with Gasteiger partial charge in [0.1, 0.15) is 0 Å². The molecule has 0 aromatic heterocycles.